The van der Waals surface area contributed by atoms with Crippen LogP contribution in [0.1, 0.15) is 37.0 Å². The molecule has 0 spiro atoms. The van der Waals surface area contributed by atoms with Gasteiger partial charge in [0.2, 0.25) is 11.8 Å². The molecule has 2 rings (SSSR count). The topological polar surface area (TPSA) is 49.4 Å². The van der Waals surface area contributed by atoms with Crippen molar-refractivity contribution in [3.8, 4) is 0 Å². The Morgan fingerprint density at radius 2 is 1.89 bits per heavy atom. The van der Waals surface area contributed by atoms with Crippen molar-refractivity contribution in [3.63, 3.8) is 0 Å². The van der Waals surface area contributed by atoms with Crippen molar-refractivity contribution in [2.45, 2.75) is 46.2 Å². The molecule has 1 atom stereocenters. The van der Waals surface area contributed by atoms with Crippen molar-refractivity contribution < 1.29 is 9.59 Å². The summed E-state index contributed by atoms with van der Waals surface area (Å²) in [6.45, 7) is 6.76. The van der Waals surface area contributed by atoms with Gasteiger partial charge in [0, 0.05) is 18.1 Å². The first-order valence-electron chi connectivity index (χ1n) is 9.28. The Balaban J connectivity index is 2.23. The van der Waals surface area contributed by atoms with Gasteiger partial charge in [0.05, 0.1) is 6.42 Å². The fraction of sp³-hybridized carbons (Fsp3) is 0.364. The van der Waals surface area contributed by atoms with E-state index in [-0.39, 0.29) is 18.2 Å². The van der Waals surface area contributed by atoms with E-state index in [0.29, 0.717) is 18.1 Å². The number of benzene rings is 2. The maximum Gasteiger partial charge on any atom is 0.242 e. The monoisotopic (exact) mass is 386 g/mol. The fourth-order valence-electron chi connectivity index (χ4n) is 2.89. The number of amides is 2. The Labute approximate surface area is 166 Å². The van der Waals surface area contributed by atoms with Crippen LogP contribution in [0.2, 0.25) is 5.02 Å². The minimum atomic E-state index is -0.563. The lowest BCUT2D eigenvalue weighted by Gasteiger charge is -2.29. The van der Waals surface area contributed by atoms with E-state index >= 15 is 0 Å². The maximum absolute atomic E-state index is 13.1. The number of nitrogens with zero attached hydrogens (tertiary/aromatic N) is 1. The minimum Gasteiger partial charge on any atom is -0.354 e. The van der Waals surface area contributed by atoms with Gasteiger partial charge < -0.3 is 10.2 Å². The van der Waals surface area contributed by atoms with Gasteiger partial charge in [0.15, 0.2) is 0 Å². The molecule has 0 unspecified atom stereocenters. The van der Waals surface area contributed by atoms with E-state index in [1.807, 2.05) is 56.3 Å². The second kappa shape index (κ2) is 10.1. The second-order valence-corrected chi connectivity index (χ2v) is 7.15. The Morgan fingerprint density at radius 3 is 2.56 bits per heavy atom. The number of carbonyl (C=O) groups excluding carboxylic acids is 2. The van der Waals surface area contributed by atoms with Crippen LogP contribution in [0.3, 0.4) is 0 Å². The zero-order chi connectivity index (χ0) is 19.8. The normalized spacial score (nSPS) is 11.7. The molecule has 0 saturated carbocycles. The molecule has 0 aliphatic heterocycles. The summed E-state index contributed by atoms with van der Waals surface area (Å²) in [7, 11) is 0. The molecule has 0 aliphatic rings. The van der Waals surface area contributed by atoms with E-state index in [0.717, 1.165) is 23.1 Å². The van der Waals surface area contributed by atoms with Crippen LogP contribution in [0.15, 0.2) is 48.5 Å². The summed E-state index contributed by atoms with van der Waals surface area (Å²) in [6, 6.07) is 14.7. The lowest BCUT2D eigenvalue weighted by molar-refractivity contribution is -0.140. The second-order valence-electron chi connectivity index (χ2n) is 6.75. The molecule has 0 bridgehead atoms. The molecule has 0 heterocycles. The molecule has 5 heteroatoms. The number of rotatable bonds is 8. The Bertz CT molecular complexity index is 791. The van der Waals surface area contributed by atoms with Crippen LogP contribution in [-0.4, -0.2) is 29.3 Å². The van der Waals surface area contributed by atoms with Crippen LogP contribution < -0.4 is 5.32 Å². The lowest BCUT2D eigenvalue weighted by Crippen LogP contribution is -2.48. The van der Waals surface area contributed by atoms with Crippen molar-refractivity contribution in [3.05, 3.63) is 70.2 Å². The van der Waals surface area contributed by atoms with Crippen molar-refractivity contribution >= 4 is 23.4 Å². The summed E-state index contributed by atoms with van der Waals surface area (Å²) in [5, 5.41) is 3.44. The molecule has 4 nitrogen and oxygen atoms in total. The lowest BCUT2D eigenvalue weighted by atomic mass is 10.1. The Kier molecular flexibility index (Phi) is 7.86. The standard InChI is InChI=1S/C22H27ClN2O2/c1-4-12-24-22(27)17(3)25(15-18-9-7-8-16(2)13-18)21(26)14-19-10-5-6-11-20(19)23/h5-11,13,17H,4,12,14-15H2,1-3H3,(H,24,27)/t17-/m0/s1. The highest BCUT2D eigenvalue weighted by atomic mass is 35.5. The van der Waals surface area contributed by atoms with Crippen LogP contribution in [-0.2, 0) is 22.6 Å². The van der Waals surface area contributed by atoms with Crippen LogP contribution in [0, 0.1) is 6.92 Å². The molecular formula is C22H27ClN2O2. The van der Waals surface area contributed by atoms with Gasteiger partial charge in [-0.2, -0.15) is 0 Å². The SMILES string of the molecule is CCCNC(=O)[C@H](C)N(Cc1cccc(C)c1)C(=O)Cc1ccccc1Cl. The zero-order valence-electron chi connectivity index (χ0n) is 16.2. The van der Waals surface area contributed by atoms with Crippen LogP contribution in [0.4, 0.5) is 0 Å². The van der Waals surface area contributed by atoms with Crippen LogP contribution >= 0.6 is 11.6 Å². The minimum absolute atomic E-state index is 0.122. The summed E-state index contributed by atoms with van der Waals surface area (Å²) in [5.41, 5.74) is 2.88. The number of halogens is 1. The molecule has 0 saturated heterocycles. The summed E-state index contributed by atoms with van der Waals surface area (Å²) < 4.78 is 0. The quantitative estimate of drug-likeness (QED) is 0.741. The van der Waals surface area contributed by atoms with Crippen molar-refractivity contribution in [1.29, 1.82) is 0 Å². The number of nitrogens with one attached hydrogen (secondary N) is 1. The van der Waals surface area contributed by atoms with E-state index in [1.165, 1.54) is 0 Å². The number of hydrogen-bond donors (Lipinski definition) is 1. The van der Waals surface area contributed by atoms with E-state index in [4.69, 9.17) is 11.6 Å². The molecule has 2 aromatic carbocycles. The molecule has 27 heavy (non-hydrogen) atoms. The fourth-order valence-corrected chi connectivity index (χ4v) is 3.09. The third-order valence-electron chi connectivity index (χ3n) is 4.45. The van der Waals surface area contributed by atoms with Crippen LogP contribution in [0.5, 0.6) is 0 Å². The van der Waals surface area contributed by atoms with Gasteiger partial charge in [0.25, 0.3) is 0 Å². The van der Waals surface area contributed by atoms with Crippen molar-refractivity contribution in [1.82, 2.24) is 10.2 Å². The first-order valence-corrected chi connectivity index (χ1v) is 9.66. The predicted octanol–water partition coefficient (Wildman–Crippen LogP) is 4.13. The highest BCUT2D eigenvalue weighted by Gasteiger charge is 2.26. The summed E-state index contributed by atoms with van der Waals surface area (Å²) in [6.07, 6.45) is 1.01. The van der Waals surface area contributed by atoms with Gasteiger partial charge in [0.1, 0.15) is 6.04 Å². The third kappa shape index (κ3) is 6.10. The highest BCUT2D eigenvalue weighted by Crippen LogP contribution is 2.18. The van der Waals surface area contributed by atoms with Gasteiger partial charge in [-0.3, -0.25) is 9.59 Å². The smallest absolute Gasteiger partial charge is 0.242 e. The molecular weight excluding hydrogens is 360 g/mol. The number of aryl methyl sites for hydroxylation is 1. The van der Waals surface area contributed by atoms with Gasteiger partial charge in [-0.15, -0.1) is 0 Å². The molecule has 144 valence electrons. The summed E-state index contributed by atoms with van der Waals surface area (Å²) >= 11 is 6.21. The average molecular weight is 387 g/mol. The van der Waals surface area contributed by atoms with E-state index in [2.05, 4.69) is 5.32 Å². The number of carbonyl (C=O) groups is 2. The van der Waals surface area contributed by atoms with E-state index in [1.54, 1.807) is 17.9 Å². The summed E-state index contributed by atoms with van der Waals surface area (Å²) in [4.78, 5) is 27.2. The average Bonchev–Trinajstić information content (AvgIpc) is 2.65. The van der Waals surface area contributed by atoms with Crippen LogP contribution in [0.25, 0.3) is 0 Å². The highest BCUT2D eigenvalue weighted by molar-refractivity contribution is 6.31. The predicted molar refractivity (Wildman–Crippen MR) is 110 cm³/mol. The molecule has 0 aliphatic carbocycles. The Hall–Kier alpha value is -2.33. The molecule has 2 aromatic rings. The largest absolute Gasteiger partial charge is 0.354 e. The maximum atomic E-state index is 13.1. The molecule has 1 N–H and O–H groups in total. The van der Waals surface area contributed by atoms with Gasteiger partial charge in [-0.05, 0) is 37.5 Å². The molecule has 0 fully saturated rings. The summed E-state index contributed by atoms with van der Waals surface area (Å²) in [5.74, 6) is -0.263. The molecule has 0 radical (unpaired) electrons. The van der Waals surface area contributed by atoms with E-state index in [9.17, 15) is 9.59 Å². The first-order chi connectivity index (χ1) is 12.9. The van der Waals surface area contributed by atoms with Gasteiger partial charge >= 0.3 is 0 Å². The zero-order valence-corrected chi connectivity index (χ0v) is 16.9. The first kappa shape index (κ1) is 21.0. The van der Waals surface area contributed by atoms with Gasteiger partial charge in [-0.1, -0.05) is 66.6 Å². The Morgan fingerprint density at radius 1 is 1.15 bits per heavy atom. The van der Waals surface area contributed by atoms with Crippen molar-refractivity contribution in [2.75, 3.05) is 6.54 Å². The molecule has 2 amide bonds. The van der Waals surface area contributed by atoms with Crippen molar-refractivity contribution in [2.24, 2.45) is 0 Å². The third-order valence-corrected chi connectivity index (χ3v) is 4.82. The van der Waals surface area contributed by atoms with Gasteiger partial charge in [-0.25, -0.2) is 0 Å². The number of hydrogen-bond acceptors (Lipinski definition) is 2. The van der Waals surface area contributed by atoms with E-state index < -0.39 is 6.04 Å². The molecule has 0 aromatic heterocycles.